The third kappa shape index (κ3) is 4.68. The third-order valence-electron chi connectivity index (χ3n) is 3.07. The van der Waals surface area contributed by atoms with Crippen LogP contribution in [0.25, 0.3) is 0 Å². The molecule has 8 heteroatoms. The second-order valence-electron chi connectivity index (χ2n) is 4.75. The van der Waals surface area contributed by atoms with Gasteiger partial charge in [0.25, 0.3) is 0 Å². The molecule has 0 saturated carbocycles. The van der Waals surface area contributed by atoms with E-state index in [9.17, 15) is 13.2 Å². The van der Waals surface area contributed by atoms with Gasteiger partial charge in [-0.15, -0.1) is 0 Å². The molecule has 0 aliphatic rings. The van der Waals surface area contributed by atoms with E-state index < -0.39 is 28.5 Å². The van der Waals surface area contributed by atoms with Gasteiger partial charge in [0.15, 0.2) is 0 Å². The van der Waals surface area contributed by atoms with Crippen molar-refractivity contribution in [3.05, 3.63) is 64.1 Å². The number of benzene rings is 2. The van der Waals surface area contributed by atoms with Crippen LogP contribution in [0, 0.1) is 0 Å². The molecule has 0 amide bonds. The lowest BCUT2D eigenvalue weighted by Crippen LogP contribution is -2.30. The van der Waals surface area contributed by atoms with Crippen LogP contribution in [-0.2, 0) is 14.8 Å². The SMILES string of the molecule is O=C(O)CC(NS(=O)(=O)c1ccccc1)c1ccc(Cl)cc1Cl. The lowest BCUT2D eigenvalue weighted by molar-refractivity contribution is -0.137. The lowest BCUT2D eigenvalue weighted by Gasteiger charge is -2.19. The quantitative estimate of drug-likeness (QED) is 0.811. The van der Waals surface area contributed by atoms with Gasteiger partial charge in [0, 0.05) is 10.0 Å². The predicted molar refractivity (Wildman–Crippen MR) is 88.2 cm³/mol. The van der Waals surface area contributed by atoms with Crippen LogP contribution in [-0.4, -0.2) is 19.5 Å². The number of nitrogens with one attached hydrogen (secondary N) is 1. The van der Waals surface area contributed by atoms with Crippen molar-refractivity contribution in [1.82, 2.24) is 4.72 Å². The Morgan fingerprint density at radius 3 is 2.35 bits per heavy atom. The van der Waals surface area contributed by atoms with Crippen molar-refractivity contribution in [1.29, 1.82) is 0 Å². The van der Waals surface area contributed by atoms with Crippen LogP contribution in [0.4, 0.5) is 0 Å². The van der Waals surface area contributed by atoms with Gasteiger partial charge in [0.2, 0.25) is 10.0 Å². The first-order chi connectivity index (χ1) is 10.8. The van der Waals surface area contributed by atoms with E-state index in [-0.39, 0.29) is 9.92 Å². The molecule has 2 N–H and O–H groups in total. The molecule has 0 aromatic heterocycles. The summed E-state index contributed by atoms with van der Waals surface area (Å²) in [7, 11) is -3.89. The standard InChI is InChI=1S/C15H13Cl2NO4S/c16-10-6-7-12(13(17)8-10)14(9-15(19)20)18-23(21,22)11-4-2-1-3-5-11/h1-8,14,18H,9H2,(H,19,20). The normalized spacial score (nSPS) is 12.8. The number of rotatable bonds is 6. The van der Waals surface area contributed by atoms with E-state index in [0.717, 1.165) is 0 Å². The number of sulfonamides is 1. The summed E-state index contributed by atoms with van der Waals surface area (Å²) in [6.45, 7) is 0. The van der Waals surface area contributed by atoms with Crippen LogP contribution in [0.5, 0.6) is 0 Å². The highest BCUT2D eigenvalue weighted by Crippen LogP contribution is 2.29. The van der Waals surface area contributed by atoms with Gasteiger partial charge in [0.05, 0.1) is 17.4 Å². The third-order valence-corrected chi connectivity index (χ3v) is 5.12. The molecule has 0 radical (unpaired) electrons. The molecular weight excluding hydrogens is 361 g/mol. The van der Waals surface area contributed by atoms with Crippen molar-refractivity contribution in [2.75, 3.05) is 0 Å². The first-order valence-electron chi connectivity index (χ1n) is 6.54. The van der Waals surface area contributed by atoms with E-state index in [1.807, 2.05) is 0 Å². The number of carbonyl (C=O) groups is 1. The Kier molecular flexibility index (Phi) is 5.64. The minimum absolute atomic E-state index is 0.0421. The molecule has 1 unspecified atom stereocenters. The number of aliphatic carboxylic acids is 1. The van der Waals surface area contributed by atoms with Gasteiger partial charge in [-0.3, -0.25) is 4.79 Å². The molecule has 0 bridgehead atoms. The van der Waals surface area contributed by atoms with E-state index in [1.54, 1.807) is 18.2 Å². The van der Waals surface area contributed by atoms with Crippen LogP contribution in [0.15, 0.2) is 53.4 Å². The maximum atomic E-state index is 12.4. The van der Waals surface area contributed by atoms with Crippen LogP contribution in [0.1, 0.15) is 18.0 Å². The van der Waals surface area contributed by atoms with Crippen LogP contribution in [0.2, 0.25) is 10.0 Å². The van der Waals surface area contributed by atoms with Gasteiger partial charge in [-0.25, -0.2) is 13.1 Å². The highest BCUT2D eigenvalue weighted by Gasteiger charge is 2.25. The Labute approximate surface area is 143 Å². The van der Waals surface area contributed by atoms with Crippen molar-refractivity contribution >= 4 is 39.2 Å². The fourth-order valence-electron chi connectivity index (χ4n) is 2.03. The monoisotopic (exact) mass is 373 g/mol. The maximum Gasteiger partial charge on any atom is 0.305 e. The van der Waals surface area contributed by atoms with Crippen molar-refractivity contribution < 1.29 is 18.3 Å². The van der Waals surface area contributed by atoms with Crippen molar-refractivity contribution in [2.24, 2.45) is 0 Å². The summed E-state index contributed by atoms with van der Waals surface area (Å²) in [5.41, 5.74) is 0.345. The zero-order valence-corrected chi connectivity index (χ0v) is 14.1. The largest absolute Gasteiger partial charge is 0.481 e. The Morgan fingerprint density at radius 2 is 1.78 bits per heavy atom. The first-order valence-corrected chi connectivity index (χ1v) is 8.77. The summed E-state index contributed by atoms with van der Waals surface area (Å²) in [6.07, 6.45) is -0.451. The van der Waals surface area contributed by atoms with Gasteiger partial charge in [0.1, 0.15) is 0 Å². The number of hydrogen-bond donors (Lipinski definition) is 2. The molecule has 0 aliphatic heterocycles. The van der Waals surface area contributed by atoms with Gasteiger partial charge in [-0.2, -0.15) is 0 Å². The maximum absolute atomic E-state index is 12.4. The van der Waals surface area contributed by atoms with E-state index in [1.165, 1.54) is 30.3 Å². The zero-order valence-electron chi connectivity index (χ0n) is 11.7. The molecule has 23 heavy (non-hydrogen) atoms. The minimum atomic E-state index is -3.89. The molecule has 1 atom stereocenters. The van der Waals surface area contributed by atoms with E-state index in [0.29, 0.717) is 10.6 Å². The average molecular weight is 374 g/mol. The minimum Gasteiger partial charge on any atom is -0.481 e. The van der Waals surface area contributed by atoms with Crippen LogP contribution in [0.3, 0.4) is 0 Å². The van der Waals surface area contributed by atoms with E-state index >= 15 is 0 Å². The first kappa shape index (κ1) is 17.7. The Bertz CT molecular complexity index is 809. The second kappa shape index (κ2) is 7.31. The van der Waals surface area contributed by atoms with E-state index in [2.05, 4.69) is 4.72 Å². The van der Waals surface area contributed by atoms with Gasteiger partial charge in [-0.05, 0) is 29.8 Å². The van der Waals surface area contributed by atoms with Crippen LogP contribution >= 0.6 is 23.2 Å². The predicted octanol–water partition coefficient (Wildman–Crippen LogP) is 3.49. The van der Waals surface area contributed by atoms with E-state index in [4.69, 9.17) is 28.3 Å². The molecule has 2 aromatic carbocycles. The molecule has 2 aromatic rings. The summed E-state index contributed by atoms with van der Waals surface area (Å²) in [5.74, 6) is -1.16. The molecule has 0 saturated heterocycles. The molecule has 0 aliphatic carbocycles. The fraction of sp³-hybridized carbons (Fsp3) is 0.133. The Balaban J connectivity index is 2.38. The lowest BCUT2D eigenvalue weighted by atomic mass is 10.1. The van der Waals surface area contributed by atoms with Gasteiger partial charge >= 0.3 is 5.97 Å². The Morgan fingerprint density at radius 1 is 1.13 bits per heavy atom. The second-order valence-corrected chi connectivity index (χ2v) is 7.31. The zero-order chi connectivity index (χ0) is 17.0. The summed E-state index contributed by atoms with van der Waals surface area (Å²) < 4.78 is 27.2. The summed E-state index contributed by atoms with van der Waals surface area (Å²) in [5, 5.41) is 9.62. The highest BCUT2D eigenvalue weighted by molar-refractivity contribution is 7.89. The summed E-state index contributed by atoms with van der Waals surface area (Å²) >= 11 is 11.9. The highest BCUT2D eigenvalue weighted by atomic mass is 35.5. The number of carboxylic acid groups (broad SMARTS) is 1. The topological polar surface area (TPSA) is 83.5 Å². The van der Waals surface area contributed by atoms with Gasteiger partial charge < -0.3 is 5.11 Å². The smallest absolute Gasteiger partial charge is 0.305 e. The van der Waals surface area contributed by atoms with Crippen molar-refractivity contribution in [3.63, 3.8) is 0 Å². The molecule has 0 fully saturated rings. The number of hydrogen-bond acceptors (Lipinski definition) is 3. The van der Waals surface area contributed by atoms with Crippen molar-refractivity contribution in [3.8, 4) is 0 Å². The average Bonchev–Trinajstić information content (AvgIpc) is 2.46. The molecular formula is C15H13Cl2NO4S. The molecule has 5 nitrogen and oxygen atoms in total. The number of carboxylic acids is 1. The fourth-order valence-corrected chi connectivity index (χ4v) is 3.81. The van der Waals surface area contributed by atoms with Crippen LogP contribution < -0.4 is 4.72 Å². The summed E-state index contributed by atoms with van der Waals surface area (Å²) in [6, 6.07) is 11.1. The van der Waals surface area contributed by atoms with Gasteiger partial charge in [-0.1, -0.05) is 47.5 Å². The number of halogens is 2. The molecule has 122 valence electrons. The molecule has 2 rings (SSSR count). The van der Waals surface area contributed by atoms with Crippen molar-refractivity contribution in [2.45, 2.75) is 17.4 Å². The Hall–Kier alpha value is -1.60. The summed E-state index contributed by atoms with van der Waals surface area (Å²) in [4.78, 5) is 11.1. The molecule has 0 spiro atoms. The molecule has 0 heterocycles.